The minimum atomic E-state index is -1.10. The highest BCUT2D eigenvalue weighted by atomic mass is 32.2. The molecule has 9 nitrogen and oxygen atoms in total. The van der Waals surface area contributed by atoms with E-state index >= 15 is 0 Å². The van der Waals surface area contributed by atoms with E-state index in [-0.39, 0.29) is 34.7 Å². The van der Waals surface area contributed by atoms with Gasteiger partial charge in [-0.2, -0.15) is 11.8 Å². The third kappa shape index (κ3) is 3.84. The molecule has 0 radical (unpaired) electrons. The van der Waals surface area contributed by atoms with Gasteiger partial charge in [0.15, 0.2) is 5.13 Å². The normalized spacial score (nSPS) is 28.5. The number of aromatic nitrogens is 1. The van der Waals surface area contributed by atoms with Gasteiger partial charge in [0.2, 0.25) is 5.91 Å². The van der Waals surface area contributed by atoms with Crippen LogP contribution >= 0.6 is 34.9 Å². The number of β-lactam (4-membered cyclic amide) rings is 1. The van der Waals surface area contributed by atoms with Crippen LogP contribution in [0.25, 0.3) is 0 Å². The van der Waals surface area contributed by atoms with Crippen LogP contribution in [0.15, 0.2) is 16.0 Å². The largest absolute Gasteiger partial charge is 0.477 e. The van der Waals surface area contributed by atoms with Gasteiger partial charge in [-0.25, -0.2) is 9.78 Å². The van der Waals surface area contributed by atoms with Crippen molar-refractivity contribution in [1.82, 2.24) is 14.8 Å². The Morgan fingerprint density at radius 2 is 1.97 bits per heavy atom. The van der Waals surface area contributed by atoms with Gasteiger partial charge in [-0.1, -0.05) is 6.92 Å². The molecule has 33 heavy (non-hydrogen) atoms. The van der Waals surface area contributed by atoms with Crippen molar-refractivity contribution >= 4 is 57.8 Å². The van der Waals surface area contributed by atoms with Gasteiger partial charge in [0, 0.05) is 59.1 Å². The van der Waals surface area contributed by atoms with Crippen LogP contribution in [-0.4, -0.2) is 97.9 Å². The summed E-state index contributed by atoms with van der Waals surface area (Å²) in [7, 11) is 0. The lowest BCUT2D eigenvalue weighted by atomic mass is 9.79. The Morgan fingerprint density at radius 1 is 1.27 bits per heavy atom. The Kier molecular flexibility index (Phi) is 6.13. The number of rotatable bonds is 6. The number of thioether (sulfide) groups is 2. The lowest BCUT2D eigenvalue weighted by Crippen LogP contribution is -2.63. The second kappa shape index (κ2) is 8.79. The summed E-state index contributed by atoms with van der Waals surface area (Å²) in [5, 5.41) is 22.6. The van der Waals surface area contributed by atoms with Gasteiger partial charge in [-0.15, -0.1) is 23.1 Å². The molecule has 3 fully saturated rings. The minimum absolute atomic E-state index is 0.0119. The predicted molar refractivity (Wildman–Crippen MR) is 129 cm³/mol. The quantitative estimate of drug-likeness (QED) is 0.548. The first-order valence-corrected chi connectivity index (χ1v) is 13.9. The molecule has 2 amide bonds. The average molecular weight is 511 g/mol. The number of aliphatic hydroxyl groups excluding tert-OH is 1. The first-order chi connectivity index (χ1) is 15.8. The Hall–Kier alpha value is -1.76. The first kappa shape index (κ1) is 23.0. The van der Waals surface area contributed by atoms with E-state index in [0.29, 0.717) is 23.7 Å². The SMILES string of the molecule is C[C@@H](O)C1C(=O)N2C(C(=O)O)=C(SC3CN(c4nc(C(=O)N5CCSCC5)cs4)C3)[C@H](C)C12. The highest BCUT2D eigenvalue weighted by Crippen LogP contribution is 2.52. The number of carboxylic acid groups (broad SMARTS) is 1. The number of carboxylic acids is 1. The van der Waals surface area contributed by atoms with Crippen molar-refractivity contribution in [2.45, 2.75) is 31.2 Å². The van der Waals surface area contributed by atoms with Crippen molar-refractivity contribution in [3.05, 3.63) is 21.7 Å². The Balaban J connectivity index is 1.23. The van der Waals surface area contributed by atoms with Crippen molar-refractivity contribution in [2.24, 2.45) is 11.8 Å². The zero-order valence-corrected chi connectivity index (χ0v) is 20.8. The summed E-state index contributed by atoms with van der Waals surface area (Å²) in [5.41, 5.74) is 0.560. The number of fused-ring (bicyclic) bond motifs is 1. The standard InChI is InChI=1S/C21H26N4O5S3/c1-10-15-14(11(2)26)19(28)25(15)16(20(29)30)17(10)33-12-7-24(8-12)21-22-13(9-32-21)18(27)23-3-5-31-6-4-23/h9-12,14-15,26H,3-8H2,1-2H3,(H,29,30)/t10-,11-,14?,15?/m1/s1. The van der Waals surface area contributed by atoms with Crippen LogP contribution in [0.3, 0.4) is 0 Å². The molecular weight excluding hydrogens is 484 g/mol. The van der Waals surface area contributed by atoms with E-state index in [1.165, 1.54) is 28.0 Å². The molecule has 0 aliphatic carbocycles. The third-order valence-electron chi connectivity index (χ3n) is 6.73. The maximum Gasteiger partial charge on any atom is 0.353 e. The maximum atomic E-state index is 12.7. The van der Waals surface area contributed by atoms with Gasteiger partial charge in [-0.05, 0) is 6.92 Å². The fourth-order valence-corrected chi connectivity index (χ4v) is 8.21. The van der Waals surface area contributed by atoms with Crippen LogP contribution in [0.5, 0.6) is 0 Å². The molecule has 0 spiro atoms. The monoisotopic (exact) mass is 510 g/mol. The van der Waals surface area contributed by atoms with Gasteiger partial charge in [0.05, 0.1) is 18.1 Å². The van der Waals surface area contributed by atoms with Gasteiger partial charge >= 0.3 is 5.97 Å². The molecule has 2 N–H and O–H groups in total. The van der Waals surface area contributed by atoms with Gasteiger partial charge in [0.1, 0.15) is 11.4 Å². The molecule has 1 aromatic rings. The summed E-state index contributed by atoms with van der Waals surface area (Å²) < 4.78 is 0. The van der Waals surface area contributed by atoms with Crippen LogP contribution in [0.1, 0.15) is 24.3 Å². The number of hydrogen-bond acceptors (Lipinski definition) is 9. The average Bonchev–Trinajstić information content (AvgIpc) is 3.32. The van der Waals surface area contributed by atoms with Crippen LogP contribution in [0.2, 0.25) is 0 Å². The fourth-order valence-electron chi connectivity index (χ4n) is 4.96. The molecule has 3 saturated heterocycles. The number of thiazole rings is 1. The molecule has 0 saturated carbocycles. The van der Waals surface area contributed by atoms with Crippen molar-refractivity contribution in [1.29, 1.82) is 0 Å². The smallest absolute Gasteiger partial charge is 0.353 e. The summed E-state index contributed by atoms with van der Waals surface area (Å²) in [6.07, 6.45) is -0.801. The van der Waals surface area contributed by atoms with Crippen LogP contribution in [0.4, 0.5) is 5.13 Å². The molecule has 2 unspecified atom stereocenters. The molecular formula is C21H26N4O5S3. The Labute approximate surface area is 204 Å². The van der Waals surface area contributed by atoms with E-state index in [2.05, 4.69) is 9.88 Å². The van der Waals surface area contributed by atoms with Crippen molar-refractivity contribution < 1.29 is 24.6 Å². The van der Waals surface area contributed by atoms with E-state index in [0.717, 1.165) is 29.7 Å². The number of aliphatic hydroxyl groups is 1. The molecule has 4 aliphatic heterocycles. The molecule has 12 heteroatoms. The van der Waals surface area contributed by atoms with Crippen LogP contribution < -0.4 is 4.90 Å². The first-order valence-electron chi connectivity index (χ1n) is 11.0. The zero-order chi connectivity index (χ0) is 23.4. The molecule has 4 atom stereocenters. The zero-order valence-electron chi connectivity index (χ0n) is 18.3. The molecule has 1 aromatic heterocycles. The summed E-state index contributed by atoms with van der Waals surface area (Å²) in [4.78, 5) is 47.7. The lowest BCUT2D eigenvalue weighted by molar-refractivity contribution is -0.163. The maximum absolute atomic E-state index is 12.7. The Morgan fingerprint density at radius 3 is 2.61 bits per heavy atom. The lowest BCUT2D eigenvalue weighted by Gasteiger charge is -2.46. The molecule has 0 bridgehead atoms. The van der Waals surface area contributed by atoms with Gasteiger partial charge in [-0.3, -0.25) is 9.59 Å². The second-order valence-electron chi connectivity index (χ2n) is 8.84. The number of aliphatic carboxylic acids is 1. The van der Waals surface area contributed by atoms with E-state index in [9.17, 15) is 24.6 Å². The number of carbonyl (C=O) groups excluding carboxylic acids is 2. The topological polar surface area (TPSA) is 114 Å². The second-order valence-corrected chi connectivity index (χ2v) is 12.2. The molecule has 5 rings (SSSR count). The number of anilines is 1. The number of amides is 2. The number of hydrogen-bond donors (Lipinski definition) is 2. The molecule has 5 heterocycles. The fraction of sp³-hybridized carbons (Fsp3) is 0.619. The predicted octanol–water partition coefficient (Wildman–Crippen LogP) is 1.41. The molecule has 4 aliphatic rings. The van der Waals surface area contributed by atoms with Crippen molar-refractivity contribution in [2.75, 3.05) is 42.6 Å². The minimum Gasteiger partial charge on any atom is -0.477 e. The summed E-state index contributed by atoms with van der Waals surface area (Å²) in [6.45, 7) is 6.44. The van der Waals surface area contributed by atoms with E-state index in [1.54, 1.807) is 6.92 Å². The van der Waals surface area contributed by atoms with Crippen molar-refractivity contribution in [3.8, 4) is 0 Å². The van der Waals surface area contributed by atoms with Crippen LogP contribution in [0, 0.1) is 11.8 Å². The van der Waals surface area contributed by atoms with E-state index in [1.807, 2.05) is 29.0 Å². The van der Waals surface area contributed by atoms with E-state index < -0.39 is 18.0 Å². The molecule has 0 aromatic carbocycles. The highest BCUT2D eigenvalue weighted by Gasteiger charge is 2.60. The Bertz CT molecular complexity index is 1020. The van der Waals surface area contributed by atoms with E-state index in [4.69, 9.17) is 0 Å². The van der Waals surface area contributed by atoms with Crippen LogP contribution in [-0.2, 0) is 9.59 Å². The van der Waals surface area contributed by atoms with Gasteiger partial charge in [0.25, 0.3) is 5.91 Å². The summed E-state index contributed by atoms with van der Waals surface area (Å²) >= 11 is 4.83. The third-order valence-corrected chi connectivity index (χ3v) is 10.0. The van der Waals surface area contributed by atoms with Crippen molar-refractivity contribution in [3.63, 3.8) is 0 Å². The summed E-state index contributed by atoms with van der Waals surface area (Å²) in [5.74, 6) is -0.168. The van der Waals surface area contributed by atoms with Gasteiger partial charge < -0.3 is 24.9 Å². The highest BCUT2D eigenvalue weighted by molar-refractivity contribution is 8.03. The number of nitrogens with zero attached hydrogens (tertiary/aromatic N) is 4. The summed E-state index contributed by atoms with van der Waals surface area (Å²) in [6, 6.07) is -0.289. The molecule has 178 valence electrons. The number of carbonyl (C=O) groups is 3.